The molecule has 5 heteroatoms. The number of likely N-dealkylation sites (tertiary alicyclic amines) is 1. The number of amides is 1. The van der Waals surface area contributed by atoms with Crippen molar-refractivity contribution in [3.8, 4) is 0 Å². The second-order valence-electron chi connectivity index (χ2n) is 6.80. The highest BCUT2D eigenvalue weighted by molar-refractivity contribution is 5.76. The SMILES string of the molecule is CCN(CC)c1cc(CCC(=O)NCCCN2CCCCC2)ccn1. The van der Waals surface area contributed by atoms with Crippen LogP contribution in [-0.2, 0) is 11.2 Å². The van der Waals surface area contributed by atoms with Crippen molar-refractivity contribution in [1.29, 1.82) is 0 Å². The van der Waals surface area contributed by atoms with E-state index in [1.54, 1.807) is 0 Å². The van der Waals surface area contributed by atoms with Gasteiger partial charge in [0.1, 0.15) is 5.82 Å². The van der Waals surface area contributed by atoms with E-state index in [9.17, 15) is 4.79 Å². The average molecular weight is 347 g/mol. The Hall–Kier alpha value is -1.62. The molecular weight excluding hydrogens is 312 g/mol. The lowest BCUT2D eigenvalue weighted by Crippen LogP contribution is -2.33. The van der Waals surface area contributed by atoms with Gasteiger partial charge in [-0.15, -0.1) is 0 Å². The molecule has 1 aliphatic rings. The molecule has 0 bridgehead atoms. The van der Waals surface area contributed by atoms with Gasteiger partial charge in [0.05, 0.1) is 0 Å². The van der Waals surface area contributed by atoms with Crippen molar-refractivity contribution in [2.24, 2.45) is 0 Å². The van der Waals surface area contributed by atoms with Gasteiger partial charge in [0, 0.05) is 32.3 Å². The van der Waals surface area contributed by atoms with E-state index in [1.165, 1.54) is 37.9 Å². The Morgan fingerprint density at radius 2 is 2.00 bits per heavy atom. The number of aryl methyl sites for hydroxylation is 1. The summed E-state index contributed by atoms with van der Waals surface area (Å²) < 4.78 is 0. The lowest BCUT2D eigenvalue weighted by Gasteiger charge is -2.26. The lowest BCUT2D eigenvalue weighted by molar-refractivity contribution is -0.121. The van der Waals surface area contributed by atoms with Crippen molar-refractivity contribution in [2.75, 3.05) is 44.2 Å². The van der Waals surface area contributed by atoms with Crippen molar-refractivity contribution in [3.05, 3.63) is 23.9 Å². The molecule has 2 rings (SSSR count). The highest BCUT2D eigenvalue weighted by Gasteiger charge is 2.10. The maximum absolute atomic E-state index is 12.0. The van der Waals surface area contributed by atoms with Gasteiger partial charge in [-0.1, -0.05) is 6.42 Å². The first-order valence-electron chi connectivity index (χ1n) is 9.91. The molecular formula is C20H34N4O. The van der Waals surface area contributed by atoms with Gasteiger partial charge in [-0.3, -0.25) is 4.79 Å². The number of aromatic nitrogens is 1. The Morgan fingerprint density at radius 1 is 1.24 bits per heavy atom. The summed E-state index contributed by atoms with van der Waals surface area (Å²) in [4.78, 5) is 21.2. The Bertz CT molecular complexity index is 510. The van der Waals surface area contributed by atoms with Crippen molar-refractivity contribution in [1.82, 2.24) is 15.2 Å². The third kappa shape index (κ3) is 7.02. The van der Waals surface area contributed by atoms with Crippen molar-refractivity contribution < 1.29 is 4.79 Å². The van der Waals surface area contributed by atoms with Crippen LogP contribution < -0.4 is 10.2 Å². The molecule has 5 nitrogen and oxygen atoms in total. The van der Waals surface area contributed by atoms with E-state index in [1.807, 2.05) is 12.3 Å². The molecule has 0 radical (unpaired) electrons. The maximum atomic E-state index is 12.0. The van der Waals surface area contributed by atoms with Crippen molar-refractivity contribution in [3.63, 3.8) is 0 Å². The highest BCUT2D eigenvalue weighted by atomic mass is 16.1. The van der Waals surface area contributed by atoms with Crippen LogP contribution in [0.3, 0.4) is 0 Å². The smallest absolute Gasteiger partial charge is 0.220 e. The van der Waals surface area contributed by atoms with E-state index in [2.05, 4.69) is 40.0 Å². The minimum atomic E-state index is 0.153. The number of hydrogen-bond acceptors (Lipinski definition) is 4. The summed E-state index contributed by atoms with van der Waals surface area (Å²) in [5, 5.41) is 3.06. The van der Waals surface area contributed by atoms with Crippen LogP contribution in [-0.4, -0.2) is 55.1 Å². The van der Waals surface area contributed by atoms with E-state index in [0.717, 1.165) is 44.8 Å². The van der Waals surface area contributed by atoms with Crippen LogP contribution in [0.25, 0.3) is 0 Å². The summed E-state index contributed by atoms with van der Waals surface area (Å²) in [7, 11) is 0. The molecule has 1 N–H and O–H groups in total. The molecule has 140 valence electrons. The molecule has 25 heavy (non-hydrogen) atoms. The van der Waals surface area contributed by atoms with Gasteiger partial charge in [0.15, 0.2) is 0 Å². The fraction of sp³-hybridized carbons (Fsp3) is 0.700. The second kappa shape index (κ2) is 11.1. The van der Waals surface area contributed by atoms with Gasteiger partial charge in [0.2, 0.25) is 5.91 Å². The van der Waals surface area contributed by atoms with Crippen LogP contribution in [0.5, 0.6) is 0 Å². The van der Waals surface area contributed by atoms with Gasteiger partial charge in [0.25, 0.3) is 0 Å². The number of hydrogen-bond donors (Lipinski definition) is 1. The molecule has 1 fully saturated rings. The second-order valence-corrected chi connectivity index (χ2v) is 6.80. The van der Waals surface area contributed by atoms with E-state index >= 15 is 0 Å². The van der Waals surface area contributed by atoms with E-state index in [0.29, 0.717) is 6.42 Å². The first-order valence-corrected chi connectivity index (χ1v) is 9.91. The molecule has 0 unspecified atom stereocenters. The Labute approximate surface area is 152 Å². The summed E-state index contributed by atoms with van der Waals surface area (Å²) in [6.45, 7) is 10.5. The standard InChI is InChI=1S/C20H34N4O/c1-3-24(4-2)19-17-18(11-13-21-19)9-10-20(25)22-12-8-16-23-14-6-5-7-15-23/h11,13,17H,3-10,12,14-16H2,1-2H3,(H,22,25). The number of carbonyl (C=O) groups excluding carboxylic acids is 1. The summed E-state index contributed by atoms with van der Waals surface area (Å²) in [5.74, 6) is 1.16. The monoisotopic (exact) mass is 346 g/mol. The zero-order valence-electron chi connectivity index (χ0n) is 16.0. The molecule has 1 aromatic heterocycles. The third-order valence-corrected chi connectivity index (χ3v) is 4.96. The number of piperidine rings is 1. The number of carbonyl (C=O) groups is 1. The van der Waals surface area contributed by atoms with Gasteiger partial charge in [-0.2, -0.15) is 0 Å². The number of pyridine rings is 1. The zero-order chi connectivity index (χ0) is 17.9. The third-order valence-electron chi connectivity index (χ3n) is 4.96. The summed E-state index contributed by atoms with van der Waals surface area (Å²) in [6.07, 6.45) is 8.24. The Balaban J connectivity index is 1.65. The molecule has 1 aliphatic heterocycles. The maximum Gasteiger partial charge on any atom is 0.220 e. The fourth-order valence-electron chi connectivity index (χ4n) is 3.40. The first-order chi connectivity index (χ1) is 12.2. The molecule has 0 aliphatic carbocycles. The van der Waals surface area contributed by atoms with Crippen LogP contribution in [0.2, 0.25) is 0 Å². The van der Waals surface area contributed by atoms with Crippen LogP contribution in [0, 0.1) is 0 Å². The fourth-order valence-corrected chi connectivity index (χ4v) is 3.40. The molecule has 1 saturated heterocycles. The summed E-state index contributed by atoms with van der Waals surface area (Å²) in [5.41, 5.74) is 1.18. The zero-order valence-corrected chi connectivity index (χ0v) is 16.0. The Morgan fingerprint density at radius 3 is 2.72 bits per heavy atom. The van der Waals surface area contributed by atoms with Gasteiger partial charge in [-0.25, -0.2) is 4.98 Å². The topological polar surface area (TPSA) is 48.5 Å². The lowest BCUT2D eigenvalue weighted by atomic mass is 10.1. The van der Waals surface area contributed by atoms with E-state index < -0.39 is 0 Å². The minimum absolute atomic E-state index is 0.153. The van der Waals surface area contributed by atoms with Gasteiger partial charge < -0.3 is 15.1 Å². The van der Waals surface area contributed by atoms with E-state index in [4.69, 9.17) is 0 Å². The van der Waals surface area contributed by atoms with Crippen molar-refractivity contribution in [2.45, 2.75) is 52.4 Å². The molecule has 1 amide bonds. The largest absolute Gasteiger partial charge is 0.357 e. The quantitative estimate of drug-likeness (QED) is 0.662. The number of nitrogens with one attached hydrogen (secondary N) is 1. The van der Waals surface area contributed by atoms with Gasteiger partial charge >= 0.3 is 0 Å². The van der Waals surface area contributed by atoms with Crippen LogP contribution >= 0.6 is 0 Å². The molecule has 0 saturated carbocycles. The number of rotatable bonds is 10. The Kier molecular flexibility index (Phi) is 8.73. The summed E-state index contributed by atoms with van der Waals surface area (Å²) >= 11 is 0. The summed E-state index contributed by atoms with van der Waals surface area (Å²) in [6, 6.07) is 4.12. The predicted molar refractivity (Wildman–Crippen MR) is 104 cm³/mol. The van der Waals surface area contributed by atoms with E-state index in [-0.39, 0.29) is 5.91 Å². The number of nitrogens with zero attached hydrogens (tertiary/aromatic N) is 3. The molecule has 0 atom stereocenters. The minimum Gasteiger partial charge on any atom is -0.357 e. The molecule has 1 aromatic rings. The number of anilines is 1. The molecule has 2 heterocycles. The first kappa shape index (κ1) is 19.7. The van der Waals surface area contributed by atoms with Crippen LogP contribution in [0.15, 0.2) is 18.3 Å². The average Bonchev–Trinajstić information content (AvgIpc) is 2.66. The van der Waals surface area contributed by atoms with Crippen LogP contribution in [0.1, 0.15) is 51.5 Å². The molecule has 0 spiro atoms. The highest BCUT2D eigenvalue weighted by Crippen LogP contribution is 2.13. The van der Waals surface area contributed by atoms with Crippen molar-refractivity contribution >= 4 is 11.7 Å². The predicted octanol–water partition coefficient (Wildman–Crippen LogP) is 2.85. The molecule has 0 aromatic carbocycles. The van der Waals surface area contributed by atoms with Gasteiger partial charge in [-0.05, 0) is 76.9 Å². The van der Waals surface area contributed by atoms with Crippen LogP contribution in [0.4, 0.5) is 5.82 Å². The normalized spacial score (nSPS) is 15.1.